The Kier molecular flexibility index (Phi) is 3.51. The van der Waals surface area contributed by atoms with Crippen LogP contribution in [0, 0.1) is 0 Å². The number of hydrogen-bond donors (Lipinski definition) is 2. The summed E-state index contributed by atoms with van der Waals surface area (Å²) in [7, 11) is -3.36. The van der Waals surface area contributed by atoms with Crippen LogP contribution in [0.25, 0.3) is 0 Å². The third-order valence-electron chi connectivity index (χ3n) is 5.15. The van der Waals surface area contributed by atoms with Gasteiger partial charge in [0.1, 0.15) is 0 Å². The van der Waals surface area contributed by atoms with Crippen LogP contribution >= 0.6 is 11.6 Å². The first-order valence-corrected chi connectivity index (χ1v) is 9.68. The second-order valence-electron chi connectivity index (χ2n) is 6.45. The fourth-order valence-corrected chi connectivity index (χ4v) is 5.75. The zero-order valence-corrected chi connectivity index (χ0v) is 14.2. The first-order valence-electron chi connectivity index (χ1n) is 7.75. The number of nitrogens with zero attached hydrogens (tertiary/aromatic N) is 1. The van der Waals surface area contributed by atoms with Crippen molar-refractivity contribution in [2.24, 2.45) is 0 Å². The summed E-state index contributed by atoms with van der Waals surface area (Å²) in [5.41, 5.74) is 2.24. The van der Waals surface area contributed by atoms with Gasteiger partial charge in [0.2, 0.25) is 0 Å². The quantitative estimate of drug-likeness (QED) is 0.872. The van der Waals surface area contributed by atoms with Crippen LogP contribution in [0.5, 0.6) is 0 Å². The average Bonchev–Trinajstić information content (AvgIpc) is 3.03. The van der Waals surface area contributed by atoms with Crippen LogP contribution in [0.2, 0.25) is 5.02 Å². The number of rotatable bonds is 2. The monoisotopic (exact) mass is 351 g/mol. The molecule has 2 aromatic rings. The summed E-state index contributed by atoms with van der Waals surface area (Å²) in [5.74, 6) is 0.229. The van der Waals surface area contributed by atoms with Crippen molar-refractivity contribution in [1.82, 2.24) is 15.5 Å². The third kappa shape index (κ3) is 2.40. The van der Waals surface area contributed by atoms with Crippen molar-refractivity contribution in [3.63, 3.8) is 0 Å². The highest BCUT2D eigenvalue weighted by Gasteiger charge is 2.44. The van der Waals surface area contributed by atoms with Gasteiger partial charge in [-0.25, -0.2) is 8.42 Å². The molecule has 5 nitrogen and oxygen atoms in total. The summed E-state index contributed by atoms with van der Waals surface area (Å²) in [6.07, 6.45) is 3.00. The predicted molar refractivity (Wildman–Crippen MR) is 88.3 cm³/mol. The van der Waals surface area contributed by atoms with E-state index in [1.807, 2.05) is 6.20 Å². The van der Waals surface area contributed by atoms with E-state index in [0.717, 1.165) is 11.3 Å². The molecule has 0 spiro atoms. The second kappa shape index (κ2) is 5.33. The number of hydrogen-bond acceptors (Lipinski definition) is 4. The normalized spacial score (nSPS) is 30.0. The highest BCUT2D eigenvalue weighted by molar-refractivity contribution is 7.92. The molecule has 1 fully saturated rings. The van der Waals surface area contributed by atoms with Crippen LogP contribution in [0.1, 0.15) is 43.0 Å². The van der Waals surface area contributed by atoms with E-state index in [2.05, 4.69) is 22.4 Å². The topological polar surface area (TPSA) is 74.8 Å². The van der Waals surface area contributed by atoms with Gasteiger partial charge < -0.3 is 5.32 Å². The molecule has 1 saturated heterocycles. The van der Waals surface area contributed by atoms with Crippen LogP contribution in [0.3, 0.4) is 0 Å². The number of halogens is 1. The molecule has 4 rings (SSSR count). The molecular weight excluding hydrogens is 334 g/mol. The molecule has 4 unspecified atom stereocenters. The van der Waals surface area contributed by atoms with Crippen molar-refractivity contribution < 1.29 is 8.42 Å². The van der Waals surface area contributed by atoms with Crippen LogP contribution in [0.15, 0.2) is 35.4 Å². The van der Waals surface area contributed by atoms with Gasteiger partial charge in [-0.3, -0.25) is 5.10 Å². The smallest absolute Gasteiger partial charge is 0.181 e. The van der Waals surface area contributed by atoms with E-state index in [1.165, 1.54) is 0 Å². The van der Waals surface area contributed by atoms with Crippen LogP contribution in [-0.4, -0.2) is 29.9 Å². The van der Waals surface area contributed by atoms with Gasteiger partial charge >= 0.3 is 0 Å². The Morgan fingerprint density at radius 3 is 2.70 bits per heavy atom. The molecule has 1 aromatic heterocycles. The van der Waals surface area contributed by atoms with Gasteiger partial charge in [0.15, 0.2) is 9.84 Å². The fraction of sp³-hybridized carbons (Fsp3) is 0.438. The molecule has 2 aliphatic heterocycles. The van der Waals surface area contributed by atoms with Gasteiger partial charge in [0.25, 0.3) is 0 Å². The standard InChI is InChI=1S/C16H18ClN3O2S/c1-9-14-6-12(7-15(19-14)13-8-18-20-16(9)13)23(21,22)11-4-2-10(17)3-5-11/h2-5,8-9,12,14-15,19H,6-7H2,1H3,(H,18,20). The zero-order valence-electron chi connectivity index (χ0n) is 12.7. The van der Waals surface area contributed by atoms with E-state index in [4.69, 9.17) is 11.6 Å². The molecule has 0 radical (unpaired) electrons. The van der Waals surface area contributed by atoms with Crippen molar-refractivity contribution in [2.45, 2.75) is 47.9 Å². The summed E-state index contributed by atoms with van der Waals surface area (Å²) in [4.78, 5) is 0.354. The Hall–Kier alpha value is -1.37. The second-order valence-corrected chi connectivity index (χ2v) is 9.11. The Balaban J connectivity index is 1.69. The van der Waals surface area contributed by atoms with E-state index in [0.29, 0.717) is 22.8 Å². The summed E-state index contributed by atoms with van der Waals surface area (Å²) in [6.45, 7) is 2.11. The molecule has 7 heteroatoms. The molecule has 2 N–H and O–H groups in total. The van der Waals surface area contributed by atoms with Crippen LogP contribution < -0.4 is 5.32 Å². The number of aromatic amines is 1. The lowest BCUT2D eigenvalue weighted by Gasteiger charge is -2.42. The SMILES string of the molecule is CC1c2[nH]ncc2C2CC(S(=O)(=O)c3ccc(Cl)cc3)CC1N2. The molecule has 4 atom stereocenters. The maximum Gasteiger partial charge on any atom is 0.181 e. The maximum absolute atomic E-state index is 13.0. The third-order valence-corrected chi connectivity index (χ3v) is 7.59. The molecular formula is C16H18ClN3O2S. The van der Waals surface area contributed by atoms with E-state index in [1.54, 1.807) is 24.3 Å². The lowest BCUT2D eigenvalue weighted by Crippen LogP contribution is -2.50. The van der Waals surface area contributed by atoms with Gasteiger partial charge in [-0.05, 0) is 37.1 Å². The maximum atomic E-state index is 13.0. The van der Waals surface area contributed by atoms with Gasteiger partial charge in [-0.2, -0.15) is 5.10 Å². The Morgan fingerprint density at radius 1 is 1.22 bits per heavy atom. The fourth-order valence-electron chi connectivity index (χ4n) is 3.82. The minimum atomic E-state index is -3.36. The first kappa shape index (κ1) is 15.2. The summed E-state index contributed by atoms with van der Waals surface area (Å²) < 4.78 is 26.0. The summed E-state index contributed by atoms with van der Waals surface area (Å²) in [6, 6.07) is 6.66. The minimum Gasteiger partial charge on any atom is -0.306 e. The Bertz CT molecular complexity index is 831. The van der Waals surface area contributed by atoms with Crippen molar-refractivity contribution in [3.8, 4) is 0 Å². The summed E-state index contributed by atoms with van der Waals surface area (Å²) >= 11 is 5.87. The van der Waals surface area contributed by atoms with Gasteiger partial charge in [-0.1, -0.05) is 18.5 Å². The predicted octanol–water partition coefficient (Wildman–Crippen LogP) is 2.82. The Labute approximate surface area is 140 Å². The minimum absolute atomic E-state index is 0.0470. The van der Waals surface area contributed by atoms with Crippen molar-refractivity contribution in [3.05, 3.63) is 46.7 Å². The lowest BCUT2D eigenvalue weighted by atomic mass is 9.79. The lowest BCUT2D eigenvalue weighted by molar-refractivity contribution is 0.271. The molecule has 122 valence electrons. The molecule has 3 heterocycles. The average molecular weight is 352 g/mol. The molecule has 2 bridgehead atoms. The number of sulfone groups is 1. The van der Waals surface area contributed by atoms with Gasteiger partial charge in [0.05, 0.1) is 16.3 Å². The summed E-state index contributed by atoms with van der Waals surface area (Å²) in [5, 5.41) is 10.9. The molecule has 1 aromatic carbocycles. The van der Waals surface area contributed by atoms with E-state index >= 15 is 0 Å². The first-order chi connectivity index (χ1) is 11.0. The highest BCUT2D eigenvalue weighted by Crippen LogP contribution is 2.42. The highest BCUT2D eigenvalue weighted by atomic mass is 35.5. The number of aromatic nitrogens is 2. The molecule has 23 heavy (non-hydrogen) atoms. The molecule has 0 amide bonds. The van der Waals surface area contributed by atoms with Crippen molar-refractivity contribution >= 4 is 21.4 Å². The van der Waals surface area contributed by atoms with E-state index in [-0.39, 0.29) is 23.3 Å². The molecule has 2 aliphatic rings. The van der Waals surface area contributed by atoms with Gasteiger partial charge in [-0.15, -0.1) is 0 Å². The largest absolute Gasteiger partial charge is 0.306 e. The number of fused-ring (bicyclic) bond motifs is 4. The van der Waals surface area contributed by atoms with Crippen molar-refractivity contribution in [2.75, 3.05) is 0 Å². The van der Waals surface area contributed by atoms with Crippen molar-refractivity contribution in [1.29, 1.82) is 0 Å². The van der Waals surface area contributed by atoms with E-state index in [9.17, 15) is 8.42 Å². The van der Waals surface area contributed by atoms with Gasteiger partial charge in [0, 0.05) is 34.3 Å². The number of piperidine rings is 1. The number of H-pyrrole nitrogens is 1. The Morgan fingerprint density at radius 2 is 1.96 bits per heavy atom. The molecule has 0 aliphatic carbocycles. The van der Waals surface area contributed by atoms with E-state index < -0.39 is 9.84 Å². The van der Waals surface area contributed by atoms with Crippen LogP contribution in [0.4, 0.5) is 0 Å². The van der Waals surface area contributed by atoms with Crippen LogP contribution in [-0.2, 0) is 9.84 Å². The number of nitrogens with one attached hydrogen (secondary N) is 2. The molecule has 0 saturated carbocycles. The number of benzene rings is 1. The zero-order chi connectivity index (χ0) is 16.2.